The van der Waals surface area contributed by atoms with Crippen molar-refractivity contribution >= 4 is 5.97 Å². The van der Waals surface area contributed by atoms with Crippen molar-refractivity contribution in [3.8, 4) is 0 Å². The number of carbonyl (C=O) groups is 1. The molecule has 1 aliphatic rings. The summed E-state index contributed by atoms with van der Waals surface area (Å²) in [6, 6.07) is 0. The lowest BCUT2D eigenvalue weighted by Gasteiger charge is -2.44. The number of esters is 1. The van der Waals surface area contributed by atoms with Gasteiger partial charge in [-0.25, -0.2) is 0 Å². The van der Waals surface area contributed by atoms with Crippen LogP contribution < -0.4 is 5.32 Å². The molecular weight excluding hydrogens is 158 g/mol. The fourth-order valence-electron chi connectivity index (χ4n) is 1.39. The average Bonchev–Trinajstić information content (AvgIpc) is 2.02. The number of carbonyl (C=O) groups excluding carboxylic acids is 1. The fraction of sp³-hybridized carbons (Fsp3) is 0.875. The highest BCUT2D eigenvalue weighted by molar-refractivity contribution is 5.73. The molecule has 0 amide bonds. The van der Waals surface area contributed by atoms with Crippen molar-refractivity contribution in [2.45, 2.75) is 12.5 Å². The standard InChI is InChI=1S/C8H15NO3/c1-6(7(10)11-2)8(12-3)4-9-5-8/h6,9H,4-5H2,1-3H3. The van der Waals surface area contributed by atoms with E-state index in [-0.39, 0.29) is 17.5 Å². The molecule has 1 heterocycles. The van der Waals surface area contributed by atoms with Gasteiger partial charge in [-0.3, -0.25) is 4.79 Å². The summed E-state index contributed by atoms with van der Waals surface area (Å²) in [7, 11) is 3.02. The van der Waals surface area contributed by atoms with E-state index in [1.807, 2.05) is 6.92 Å². The molecule has 0 aromatic heterocycles. The average molecular weight is 173 g/mol. The van der Waals surface area contributed by atoms with Gasteiger partial charge in [0.1, 0.15) is 5.60 Å². The van der Waals surface area contributed by atoms with Crippen LogP contribution in [0.5, 0.6) is 0 Å². The molecular formula is C8H15NO3. The van der Waals surface area contributed by atoms with E-state index in [9.17, 15) is 4.79 Å². The highest BCUT2D eigenvalue weighted by atomic mass is 16.5. The summed E-state index contributed by atoms with van der Waals surface area (Å²) < 4.78 is 9.94. The van der Waals surface area contributed by atoms with Gasteiger partial charge in [-0.2, -0.15) is 0 Å². The van der Waals surface area contributed by atoms with E-state index in [1.54, 1.807) is 7.11 Å². The highest BCUT2D eigenvalue weighted by Crippen LogP contribution is 2.26. The van der Waals surface area contributed by atoms with Crippen LogP contribution >= 0.6 is 0 Å². The molecule has 0 aliphatic carbocycles. The summed E-state index contributed by atoms with van der Waals surface area (Å²) in [5, 5.41) is 3.08. The van der Waals surface area contributed by atoms with Crippen molar-refractivity contribution in [2.24, 2.45) is 5.92 Å². The van der Waals surface area contributed by atoms with Crippen molar-refractivity contribution in [2.75, 3.05) is 27.3 Å². The quantitative estimate of drug-likeness (QED) is 0.600. The molecule has 1 atom stereocenters. The van der Waals surface area contributed by atoms with Gasteiger partial charge in [0.2, 0.25) is 0 Å². The topological polar surface area (TPSA) is 47.6 Å². The molecule has 1 aliphatic heterocycles. The summed E-state index contributed by atoms with van der Waals surface area (Å²) in [4.78, 5) is 11.2. The minimum atomic E-state index is -0.340. The lowest BCUT2D eigenvalue weighted by atomic mass is 9.83. The lowest BCUT2D eigenvalue weighted by molar-refractivity contribution is -0.162. The first-order valence-corrected chi connectivity index (χ1v) is 4.00. The molecule has 70 valence electrons. The minimum Gasteiger partial charge on any atom is -0.469 e. The molecule has 12 heavy (non-hydrogen) atoms. The number of ether oxygens (including phenoxy) is 2. The van der Waals surface area contributed by atoms with E-state index >= 15 is 0 Å². The van der Waals surface area contributed by atoms with Gasteiger partial charge in [0, 0.05) is 20.2 Å². The molecule has 0 aromatic carbocycles. The zero-order valence-electron chi connectivity index (χ0n) is 7.72. The SMILES string of the molecule is COC(=O)C(C)C1(OC)CNC1. The van der Waals surface area contributed by atoms with Crippen LogP contribution in [0.2, 0.25) is 0 Å². The second kappa shape index (κ2) is 3.41. The van der Waals surface area contributed by atoms with E-state index in [0.29, 0.717) is 0 Å². The van der Waals surface area contributed by atoms with E-state index in [1.165, 1.54) is 7.11 Å². The Morgan fingerprint density at radius 3 is 2.33 bits per heavy atom. The zero-order chi connectivity index (χ0) is 9.19. The molecule has 0 saturated carbocycles. The molecule has 4 nitrogen and oxygen atoms in total. The number of methoxy groups -OCH3 is 2. The molecule has 1 saturated heterocycles. The minimum absolute atomic E-state index is 0.200. The third-order valence-electron chi connectivity index (χ3n) is 2.60. The number of hydrogen-bond donors (Lipinski definition) is 1. The normalized spacial score (nSPS) is 22.6. The van der Waals surface area contributed by atoms with Crippen LogP contribution in [0.15, 0.2) is 0 Å². The van der Waals surface area contributed by atoms with Crippen molar-refractivity contribution in [1.82, 2.24) is 5.32 Å². The van der Waals surface area contributed by atoms with Gasteiger partial charge in [-0.05, 0) is 6.92 Å². The largest absolute Gasteiger partial charge is 0.469 e. The van der Waals surface area contributed by atoms with Crippen LogP contribution in [-0.2, 0) is 14.3 Å². The maximum atomic E-state index is 11.2. The molecule has 0 bridgehead atoms. The number of hydrogen-bond acceptors (Lipinski definition) is 4. The number of nitrogens with one attached hydrogen (secondary N) is 1. The smallest absolute Gasteiger partial charge is 0.311 e. The Bertz CT molecular complexity index is 172. The van der Waals surface area contributed by atoms with E-state index < -0.39 is 0 Å². The van der Waals surface area contributed by atoms with Gasteiger partial charge in [-0.15, -0.1) is 0 Å². The van der Waals surface area contributed by atoms with Crippen molar-refractivity contribution in [1.29, 1.82) is 0 Å². The lowest BCUT2D eigenvalue weighted by Crippen LogP contribution is -2.65. The molecule has 0 spiro atoms. The maximum Gasteiger partial charge on any atom is 0.311 e. The first-order valence-electron chi connectivity index (χ1n) is 4.00. The summed E-state index contributed by atoms with van der Waals surface area (Å²) in [6.07, 6.45) is 0. The molecule has 1 fully saturated rings. The number of rotatable bonds is 3. The Kier molecular flexibility index (Phi) is 2.69. The molecule has 1 unspecified atom stereocenters. The van der Waals surface area contributed by atoms with Gasteiger partial charge in [-0.1, -0.05) is 0 Å². The summed E-state index contributed by atoms with van der Waals surface area (Å²) in [5.74, 6) is -0.410. The Morgan fingerprint density at radius 1 is 1.50 bits per heavy atom. The Balaban J connectivity index is 2.59. The van der Waals surface area contributed by atoms with Gasteiger partial charge in [0.25, 0.3) is 0 Å². The summed E-state index contributed by atoms with van der Waals surface area (Å²) >= 11 is 0. The first-order chi connectivity index (χ1) is 5.66. The van der Waals surface area contributed by atoms with Crippen LogP contribution in [0.25, 0.3) is 0 Å². The van der Waals surface area contributed by atoms with Gasteiger partial charge < -0.3 is 14.8 Å². The molecule has 0 radical (unpaired) electrons. The van der Waals surface area contributed by atoms with E-state index in [2.05, 4.69) is 10.1 Å². The molecule has 1 rings (SSSR count). The molecule has 1 N–H and O–H groups in total. The Labute approximate surface area is 72.2 Å². The predicted octanol–water partition coefficient (Wildman–Crippen LogP) is -0.216. The van der Waals surface area contributed by atoms with Crippen LogP contribution in [0.4, 0.5) is 0 Å². The fourth-order valence-corrected chi connectivity index (χ4v) is 1.39. The van der Waals surface area contributed by atoms with Crippen LogP contribution in [0, 0.1) is 5.92 Å². The maximum absolute atomic E-state index is 11.2. The second-order valence-corrected chi connectivity index (χ2v) is 3.12. The third-order valence-corrected chi connectivity index (χ3v) is 2.60. The van der Waals surface area contributed by atoms with E-state index in [0.717, 1.165) is 13.1 Å². The second-order valence-electron chi connectivity index (χ2n) is 3.12. The van der Waals surface area contributed by atoms with Crippen molar-refractivity contribution in [3.63, 3.8) is 0 Å². The van der Waals surface area contributed by atoms with E-state index in [4.69, 9.17) is 4.74 Å². The van der Waals surface area contributed by atoms with Crippen LogP contribution in [0.1, 0.15) is 6.92 Å². The van der Waals surface area contributed by atoms with Gasteiger partial charge >= 0.3 is 5.97 Å². The van der Waals surface area contributed by atoms with Gasteiger partial charge in [0.15, 0.2) is 0 Å². The Morgan fingerprint density at radius 2 is 2.08 bits per heavy atom. The van der Waals surface area contributed by atoms with Crippen molar-refractivity contribution < 1.29 is 14.3 Å². The van der Waals surface area contributed by atoms with Crippen LogP contribution in [0.3, 0.4) is 0 Å². The first kappa shape index (κ1) is 9.48. The highest BCUT2D eigenvalue weighted by Gasteiger charge is 2.46. The zero-order valence-corrected chi connectivity index (χ0v) is 7.72. The molecule has 0 aromatic rings. The van der Waals surface area contributed by atoms with Gasteiger partial charge in [0.05, 0.1) is 13.0 Å². The Hall–Kier alpha value is -0.610. The summed E-state index contributed by atoms with van der Waals surface area (Å²) in [5.41, 5.74) is -0.340. The molecule has 4 heteroatoms. The predicted molar refractivity (Wildman–Crippen MR) is 43.8 cm³/mol. The van der Waals surface area contributed by atoms with Crippen LogP contribution in [-0.4, -0.2) is 38.9 Å². The summed E-state index contributed by atoms with van der Waals surface area (Å²) in [6.45, 7) is 3.27. The van der Waals surface area contributed by atoms with Crippen molar-refractivity contribution in [3.05, 3.63) is 0 Å². The monoisotopic (exact) mass is 173 g/mol. The third kappa shape index (κ3) is 1.32.